The van der Waals surface area contributed by atoms with Gasteiger partial charge in [-0.1, -0.05) is 40.5 Å². The van der Waals surface area contributed by atoms with Crippen LogP contribution in [0.5, 0.6) is 0 Å². The predicted molar refractivity (Wildman–Crippen MR) is 82.3 cm³/mol. The normalized spacial score (nSPS) is 11.9. The Labute approximate surface area is 115 Å². The van der Waals surface area contributed by atoms with Crippen LogP contribution in [0.2, 0.25) is 0 Å². The number of nitrogens with zero attached hydrogens (tertiary/aromatic N) is 2. The third-order valence-electron chi connectivity index (χ3n) is 3.91. The number of rotatable bonds is 5. The lowest BCUT2D eigenvalue weighted by Gasteiger charge is -2.17. The van der Waals surface area contributed by atoms with Gasteiger partial charge in [-0.15, -0.1) is 0 Å². The van der Waals surface area contributed by atoms with Crippen LogP contribution in [0.1, 0.15) is 52.3 Å². The fourth-order valence-electron chi connectivity index (χ4n) is 2.60. The molecule has 1 heterocycles. The van der Waals surface area contributed by atoms with Crippen molar-refractivity contribution in [2.45, 2.75) is 53.0 Å². The van der Waals surface area contributed by atoms with E-state index in [1.807, 2.05) is 12.1 Å². The second kappa shape index (κ2) is 5.64. The van der Waals surface area contributed by atoms with Crippen LogP contribution in [0.15, 0.2) is 18.2 Å². The Morgan fingerprint density at radius 2 is 1.89 bits per heavy atom. The third kappa shape index (κ3) is 2.75. The Balaban J connectivity index is 2.52. The van der Waals surface area contributed by atoms with Crippen LogP contribution in [0.3, 0.4) is 0 Å². The topological polar surface area (TPSA) is 43.8 Å². The van der Waals surface area contributed by atoms with Crippen molar-refractivity contribution in [2.24, 2.45) is 5.92 Å². The van der Waals surface area contributed by atoms with Crippen molar-refractivity contribution in [1.29, 1.82) is 0 Å². The van der Waals surface area contributed by atoms with E-state index in [-0.39, 0.29) is 0 Å². The number of hydrogen-bond donors (Lipinski definition) is 1. The van der Waals surface area contributed by atoms with Gasteiger partial charge in [0.1, 0.15) is 5.82 Å². The fourth-order valence-corrected chi connectivity index (χ4v) is 2.60. The van der Waals surface area contributed by atoms with Gasteiger partial charge in [-0.2, -0.15) is 0 Å². The molecule has 0 spiro atoms. The number of aromatic nitrogens is 2. The van der Waals surface area contributed by atoms with Crippen LogP contribution in [-0.4, -0.2) is 9.55 Å². The van der Waals surface area contributed by atoms with Gasteiger partial charge in [-0.3, -0.25) is 0 Å². The van der Waals surface area contributed by atoms with Crippen molar-refractivity contribution >= 4 is 16.7 Å². The van der Waals surface area contributed by atoms with Crippen molar-refractivity contribution < 1.29 is 0 Å². The standard InChI is InChI=1S/C16H25N3/c1-5-12(6-2)10-19-15-8-7-13(17)9-14(15)18-16(19)11(3)4/h7-9,11-12H,5-6,10,17H2,1-4H3. The van der Waals surface area contributed by atoms with Crippen LogP contribution in [-0.2, 0) is 6.54 Å². The van der Waals surface area contributed by atoms with E-state index in [0.29, 0.717) is 11.8 Å². The molecule has 0 atom stereocenters. The van der Waals surface area contributed by atoms with Crippen molar-refractivity contribution in [1.82, 2.24) is 9.55 Å². The number of imidazole rings is 1. The summed E-state index contributed by atoms with van der Waals surface area (Å²) >= 11 is 0. The van der Waals surface area contributed by atoms with E-state index in [9.17, 15) is 0 Å². The quantitative estimate of drug-likeness (QED) is 0.819. The Morgan fingerprint density at radius 3 is 2.47 bits per heavy atom. The maximum Gasteiger partial charge on any atom is 0.112 e. The molecular weight excluding hydrogens is 234 g/mol. The van der Waals surface area contributed by atoms with E-state index in [1.54, 1.807) is 0 Å². The average Bonchev–Trinajstić information content (AvgIpc) is 2.73. The monoisotopic (exact) mass is 259 g/mol. The molecule has 0 radical (unpaired) electrons. The van der Waals surface area contributed by atoms with Crippen molar-refractivity contribution in [2.75, 3.05) is 5.73 Å². The Bertz CT molecular complexity index is 550. The summed E-state index contributed by atoms with van der Waals surface area (Å²) in [4.78, 5) is 4.78. The number of benzene rings is 1. The summed E-state index contributed by atoms with van der Waals surface area (Å²) < 4.78 is 2.39. The highest BCUT2D eigenvalue weighted by Crippen LogP contribution is 2.25. The molecule has 3 nitrogen and oxygen atoms in total. The van der Waals surface area contributed by atoms with E-state index >= 15 is 0 Å². The minimum absolute atomic E-state index is 0.433. The molecule has 0 bridgehead atoms. The maximum absolute atomic E-state index is 5.86. The molecule has 0 fully saturated rings. The summed E-state index contributed by atoms with van der Waals surface area (Å²) in [5, 5.41) is 0. The summed E-state index contributed by atoms with van der Waals surface area (Å²) in [6.45, 7) is 9.99. The molecule has 2 N–H and O–H groups in total. The Morgan fingerprint density at radius 1 is 1.21 bits per heavy atom. The van der Waals surface area contributed by atoms with Crippen LogP contribution in [0.4, 0.5) is 5.69 Å². The lowest BCUT2D eigenvalue weighted by atomic mass is 10.0. The molecule has 0 aliphatic carbocycles. The van der Waals surface area contributed by atoms with Crippen molar-refractivity contribution in [3.05, 3.63) is 24.0 Å². The molecule has 0 unspecified atom stereocenters. The van der Waals surface area contributed by atoms with Crippen molar-refractivity contribution in [3.8, 4) is 0 Å². The number of nitrogens with two attached hydrogens (primary N) is 1. The molecule has 1 aromatic heterocycles. The zero-order chi connectivity index (χ0) is 14.0. The smallest absolute Gasteiger partial charge is 0.112 e. The molecule has 2 rings (SSSR count). The van der Waals surface area contributed by atoms with Gasteiger partial charge in [0.2, 0.25) is 0 Å². The minimum atomic E-state index is 0.433. The summed E-state index contributed by atoms with van der Waals surface area (Å²) in [6, 6.07) is 6.05. The molecule has 0 saturated heterocycles. The second-order valence-corrected chi connectivity index (χ2v) is 5.67. The van der Waals surface area contributed by atoms with Gasteiger partial charge in [-0.05, 0) is 24.1 Å². The summed E-state index contributed by atoms with van der Waals surface area (Å²) in [6.07, 6.45) is 2.42. The predicted octanol–water partition coefficient (Wildman–Crippen LogP) is 4.18. The SMILES string of the molecule is CCC(CC)Cn1c(C(C)C)nc2cc(N)ccc21. The first-order valence-electron chi connectivity index (χ1n) is 7.32. The first-order valence-corrected chi connectivity index (χ1v) is 7.32. The number of nitrogen functional groups attached to an aromatic ring is 1. The second-order valence-electron chi connectivity index (χ2n) is 5.67. The lowest BCUT2D eigenvalue weighted by molar-refractivity contribution is 0.413. The van der Waals surface area contributed by atoms with E-state index in [2.05, 4.69) is 38.3 Å². The Hall–Kier alpha value is -1.51. The van der Waals surface area contributed by atoms with E-state index < -0.39 is 0 Å². The van der Waals surface area contributed by atoms with Gasteiger partial charge in [0.15, 0.2) is 0 Å². The first kappa shape index (κ1) is 13.9. The maximum atomic E-state index is 5.86. The Kier molecular flexibility index (Phi) is 4.13. The molecule has 2 aromatic rings. The average molecular weight is 259 g/mol. The highest BCUT2D eigenvalue weighted by molar-refractivity contribution is 5.79. The lowest BCUT2D eigenvalue weighted by Crippen LogP contribution is -2.13. The summed E-state index contributed by atoms with van der Waals surface area (Å²) in [7, 11) is 0. The molecule has 0 amide bonds. The highest BCUT2D eigenvalue weighted by atomic mass is 15.1. The van der Waals surface area contributed by atoms with Gasteiger partial charge in [0.05, 0.1) is 11.0 Å². The number of hydrogen-bond acceptors (Lipinski definition) is 2. The first-order chi connectivity index (χ1) is 9.06. The number of anilines is 1. The van der Waals surface area contributed by atoms with E-state index in [0.717, 1.165) is 17.7 Å². The minimum Gasteiger partial charge on any atom is -0.399 e. The molecule has 19 heavy (non-hydrogen) atoms. The molecule has 1 aromatic carbocycles. The van der Waals surface area contributed by atoms with E-state index in [1.165, 1.54) is 24.2 Å². The summed E-state index contributed by atoms with van der Waals surface area (Å²) in [5.41, 5.74) is 8.89. The zero-order valence-electron chi connectivity index (χ0n) is 12.5. The largest absolute Gasteiger partial charge is 0.399 e. The van der Waals surface area contributed by atoms with Gasteiger partial charge in [0, 0.05) is 18.2 Å². The molecule has 104 valence electrons. The van der Waals surface area contributed by atoms with Gasteiger partial charge in [-0.25, -0.2) is 4.98 Å². The molecule has 0 saturated carbocycles. The zero-order valence-corrected chi connectivity index (χ0v) is 12.5. The van der Waals surface area contributed by atoms with Crippen LogP contribution >= 0.6 is 0 Å². The van der Waals surface area contributed by atoms with Crippen molar-refractivity contribution in [3.63, 3.8) is 0 Å². The van der Waals surface area contributed by atoms with E-state index in [4.69, 9.17) is 10.7 Å². The van der Waals surface area contributed by atoms with Gasteiger partial charge in [0.25, 0.3) is 0 Å². The highest BCUT2D eigenvalue weighted by Gasteiger charge is 2.16. The van der Waals surface area contributed by atoms with Gasteiger partial charge < -0.3 is 10.3 Å². The van der Waals surface area contributed by atoms with Crippen LogP contribution in [0.25, 0.3) is 11.0 Å². The molecule has 0 aliphatic heterocycles. The van der Waals surface area contributed by atoms with Crippen LogP contribution in [0, 0.1) is 5.92 Å². The number of fused-ring (bicyclic) bond motifs is 1. The van der Waals surface area contributed by atoms with Gasteiger partial charge >= 0.3 is 0 Å². The fraction of sp³-hybridized carbons (Fsp3) is 0.562. The third-order valence-corrected chi connectivity index (χ3v) is 3.91. The molecule has 0 aliphatic rings. The molecular formula is C16H25N3. The summed E-state index contributed by atoms with van der Waals surface area (Å²) in [5.74, 6) is 2.32. The molecule has 3 heteroatoms. The van der Waals surface area contributed by atoms with Crippen LogP contribution < -0.4 is 5.73 Å².